The van der Waals surface area contributed by atoms with E-state index in [-0.39, 0.29) is 18.2 Å². The molecular weight excluding hydrogens is 370 g/mol. The predicted octanol–water partition coefficient (Wildman–Crippen LogP) is 2.82. The van der Waals surface area contributed by atoms with E-state index in [1.807, 2.05) is 33.0 Å². The molecule has 8 nitrogen and oxygen atoms in total. The molecular formula is C21H25N5O3. The van der Waals surface area contributed by atoms with Crippen LogP contribution in [0.2, 0.25) is 0 Å². The molecule has 2 aromatic heterocycles. The van der Waals surface area contributed by atoms with Gasteiger partial charge in [-0.15, -0.1) is 0 Å². The Morgan fingerprint density at radius 2 is 2.03 bits per heavy atom. The van der Waals surface area contributed by atoms with Gasteiger partial charge in [-0.3, -0.25) is 14.3 Å². The summed E-state index contributed by atoms with van der Waals surface area (Å²) in [6.45, 7) is 4.66. The summed E-state index contributed by atoms with van der Waals surface area (Å²) in [5.74, 6) is 0.214. The third-order valence-electron chi connectivity index (χ3n) is 4.44. The van der Waals surface area contributed by atoms with E-state index in [1.54, 1.807) is 29.1 Å². The number of hydrogen-bond acceptors (Lipinski definition) is 5. The number of para-hydroxylation sites is 1. The molecule has 3 aromatic rings. The summed E-state index contributed by atoms with van der Waals surface area (Å²) in [6.07, 6.45) is 2.43. The molecule has 0 aliphatic rings. The maximum absolute atomic E-state index is 12.3. The number of aryl methyl sites for hydroxylation is 2. The zero-order chi connectivity index (χ0) is 20.8. The van der Waals surface area contributed by atoms with Crippen molar-refractivity contribution in [2.24, 2.45) is 7.05 Å². The van der Waals surface area contributed by atoms with Gasteiger partial charge in [0, 0.05) is 25.4 Å². The largest absolute Gasteiger partial charge is 0.493 e. The van der Waals surface area contributed by atoms with Crippen LogP contribution < -0.4 is 15.4 Å². The molecule has 8 heteroatoms. The van der Waals surface area contributed by atoms with Gasteiger partial charge in [0.2, 0.25) is 5.91 Å². The topological polar surface area (TPSA) is 98.1 Å². The fraction of sp³-hybridized carbons (Fsp3) is 0.333. The summed E-state index contributed by atoms with van der Waals surface area (Å²) in [7, 11) is 1.83. The lowest BCUT2D eigenvalue weighted by molar-refractivity contribution is -0.116. The molecule has 0 aliphatic heterocycles. The van der Waals surface area contributed by atoms with Gasteiger partial charge in [-0.1, -0.05) is 12.1 Å². The molecule has 0 fully saturated rings. The Morgan fingerprint density at radius 3 is 2.83 bits per heavy atom. The van der Waals surface area contributed by atoms with Crippen molar-refractivity contribution in [3.05, 3.63) is 47.8 Å². The van der Waals surface area contributed by atoms with Crippen LogP contribution in [0.5, 0.6) is 5.75 Å². The number of carbonyl (C=O) groups excluding carboxylic acids is 2. The Balaban J connectivity index is 1.48. The van der Waals surface area contributed by atoms with E-state index in [0.29, 0.717) is 36.6 Å². The highest BCUT2D eigenvalue weighted by molar-refractivity contribution is 5.97. The number of nitrogens with zero attached hydrogens (tertiary/aromatic N) is 3. The second kappa shape index (κ2) is 9.18. The van der Waals surface area contributed by atoms with Crippen LogP contribution in [0, 0.1) is 6.92 Å². The molecule has 0 saturated heterocycles. The van der Waals surface area contributed by atoms with Crippen LogP contribution in [0.4, 0.5) is 5.69 Å². The van der Waals surface area contributed by atoms with Crippen LogP contribution in [0.15, 0.2) is 36.5 Å². The van der Waals surface area contributed by atoms with Crippen LogP contribution in [0.25, 0.3) is 11.0 Å². The van der Waals surface area contributed by atoms with E-state index in [9.17, 15) is 9.59 Å². The Bertz CT molecular complexity index is 1030. The number of benzene rings is 1. The van der Waals surface area contributed by atoms with Crippen molar-refractivity contribution in [2.75, 3.05) is 18.5 Å². The highest BCUT2D eigenvalue weighted by atomic mass is 16.5. The Labute approximate surface area is 169 Å². The molecule has 0 aliphatic carbocycles. The molecule has 0 saturated carbocycles. The Morgan fingerprint density at radius 1 is 1.24 bits per heavy atom. The van der Waals surface area contributed by atoms with Crippen LogP contribution in [0.1, 0.15) is 35.8 Å². The van der Waals surface area contributed by atoms with Gasteiger partial charge in [0.15, 0.2) is 5.65 Å². The van der Waals surface area contributed by atoms with Gasteiger partial charge in [0.05, 0.1) is 29.7 Å². The third kappa shape index (κ3) is 4.90. The minimum absolute atomic E-state index is 0.128. The Kier molecular flexibility index (Phi) is 6.43. The minimum Gasteiger partial charge on any atom is -0.493 e. The zero-order valence-corrected chi connectivity index (χ0v) is 16.9. The van der Waals surface area contributed by atoms with Crippen LogP contribution >= 0.6 is 0 Å². The van der Waals surface area contributed by atoms with Crippen molar-refractivity contribution in [1.29, 1.82) is 0 Å². The average Bonchev–Trinajstić information content (AvgIpc) is 2.99. The lowest BCUT2D eigenvalue weighted by Crippen LogP contribution is -2.26. The summed E-state index contributed by atoms with van der Waals surface area (Å²) in [5, 5.41) is 10.9. The summed E-state index contributed by atoms with van der Waals surface area (Å²) < 4.78 is 7.18. The molecule has 29 heavy (non-hydrogen) atoms. The second-order valence-electron chi connectivity index (χ2n) is 6.64. The molecule has 2 N–H and O–H groups in total. The molecule has 2 heterocycles. The van der Waals surface area contributed by atoms with Gasteiger partial charge in [-0.25, -0.2) is 4.98 Å². The maximum atomic E-state index is 12.3. The summed E-state index contributed by atoms with van der Waals surface area (Å²) >= 11 is 0. The molecule has 2 amide bonds. The van der Waals surface area contributed by atoms with Crippen LogP contribution in [0.3, 0.4) is 0 Å². The number of hydrogen-bond donors (Lipinski definition) is 2. The fourth-order valence-corrected chi connectivity index (χ4v) is 3.08. The van der Waals surface area contributed by atoms with Crippen LogP contribution in [-0.4, -0.2) is 39.7 Å². The van der Waals surface area contributed by atoms with E-state index in [4.69, 9.17) is 4.74 Å². The van der Waals surface area contributed by atoms with Gasteiger partial charge in [0.1, 0.15) is 5.75 Å². The van der Waals surface area contributed by atoms with E-state index in [1.165, 1.54) is 0 Å². The first-order valence-electron chi connectivity index (χ1n) is 9.58. The lowest BCUT2D eigenvalue weighted by atomic mass is 10.2. The molecule has 0 bridgehead atoms. The maximum Gasteiger partial charge on any atom is 0.255 e. The number of nitrogens with one attached hydrogen (secondary N) is 2. The van der Waals surface area contributed by atoms with Gasteiger partial charge < -0.3 is 15.4 Å². The number of anilines is 1. The average molecular weight is 395 g/mol. The van der Waals surface area contributed by atoms with Gasteiger partial charge in [0.25, 0.3) is 5.91 Å². The minimum atomic E-state index is -0.212. The number of rotatable bonds is 8. The van der Waals surface area contributed by atoms with Crippen molar-refractivity contribution in [2.45, 2.75) is 26.7 Å². The SMILES string of the molecule is CCOc1ccccc1C(=O)NCCCC(=O)Nc1cnc2c(c1)c(C)nn2C. The molecule has 3 rings (SSSR count). The predicted molar refractivity (Wildman–Crippen MR) is 111 cm³/mol. The number of ether oxygens (including phenoxy) is 1. The summed E-state index contributed by atoms with van der Waals surface area (Å²) in [5.41, 5.74) is 2.76. The second-order valence-corrected chi connectivity index (χ2v) is 6.64. The van der Waals surface area contributed by atoms with E-state index >= 15 is 0 Å². The third-order valence-corrected chi connectivity index (χ3v) is 4.44. The fourth-order valence-electron chi connectivity index (χ4n) is 3.08. The van der Waals surface area contributed by atoms with Crippen molar-refractivity contribution in [3.63, 3.8) is 0 Å². The number of aromatic nitrogens is 3. The van der Waals surface area contributed by atoms with Gasteiger partial charge in [-0.2, -0.15) is 5.10 Å². The number of fused-ring (bicyclic) bond motifs is 1. The quantitative estimate of drug-likeness (QED) is 0.572. The summed E-state index contributed by atoms with van der Waals surface area (Å²) in [6, 6.07) is 8.97. The molecule has 1 aromatic carbocycles. The molecule has 0 atom stereocenters. The van der Waals surface area contributed by atoms with Crippen molar-refractivity contribution >= 4 is 28.5 Å². The van der Waals surface area contributed by atoms with Gasteiger partial charge in [-0.05, 0) is 38.5 Å². The number of carbonyl (C=O) groups is 2. The van der Waals surface area contributed by atoms with Gasteiger partial charge >= 0.3 is 0 Å². The number of pyridine rings is 1. The van der Waals surface area contributed by atoms with Crippen molar-refractivity contribution in [3.8, 4) is 5.75 Å². The first-order chi connectivity index (χ1) is 14.0. The normalized spacial score (nSPS) is 10.7. The monoisotopic (exact) mass is 395 g/mol. The Hall–Kier alpha value is -3.42. The zero-order valence-electron chi connectivity index (χ0n) is 16.9. The van der Waals surface area contributed by atoms with Crippen molar-refractivity contribution in [1.82, 2.24) is 20.1 Å². The standard InChI is InChI=1S/C21H25N5O3/c1-4-29-18-9-6-5-8-16(18)21(28)22-11-7-10-19(27)24-15-12-17-14(2)25-26(3)20(17)23-13-15/h5-6,8-9,12-13H,4,7,10-11H2,1-3H3,(H,22,28)(H,24,27). The lowest BCUT2D eigenvalue weighted by Gasteiger charge is -2.10. The molecule has 0 spiro atoms. The molecule has 152 valence electrons. The van der Waals surface area contributed by atoms with E-state index < -0.39 is 0 Å². The highest BCUT2D eigenvalue weighted by Crippen LogP contribution is 2.20. The first-order valence-corrected chi connectivity index (χ1v) is 9.58. The van der Waals surface area contributed by atoms with Crippen molar-refractivity contribution < 1.29 is 14.3 Å². The first kappa shape index (κ1) is 20.3. The number of amides is 2. The van der Waals surface area contributed by atoms with Crippen LogP contribution in [-0.2, 0) is 11.8 Å². The molecule has 0 unspecified atom stereocenters. The van der Waals surface area contributed by atoms with E-state index in [2.05, 4.69) is 20.7 Å². The summed E-state index contributed by atoms with van der Waals surface area (Å²) in [4.78, 5) is 28.9. The van der Waals surface area contributed by atoms with E-state index in [0.717, 1.165) is 16.7 Å². The smallest absolute Gasteiger partial charge is 0.255 e. The highest BCUT2D eigenvalue weighted by Gasteiger charge is 2.12. The molecule has 0 radical (unpaired) electrons.